The standard InChI is InChI=1S/C21H16F5N3O3/c22-14-2-1-3-15(23)18(14)19-28-17(10-31-19)12-6-4-11(5-7-12)16-8-13(32-29-16)9-27-20(30)21(24,25)26/h1-8,13,17,29H,9-10H2,(H,27,30). The number of carbonyl (C=O) groups is 1. The molecule has 2 aliphatic heterocycles. The summed E-state index contributed by atoms with van der Waals surface area (Å²) >= 11 is 0. The van der Waals surface area contributed by atoms with Crippen molar-refractivity contribution in [2.45, 2.75) is 18.3 Å². The van der Waals surface area contributed by atoms with E-state index in [-0.39, 0.29) is 24.6 Å². The predicted molar refractivity (Wildman–Crippen MR) is 103 cm³/mol. The summed E-state index contributed by atoms with van der Waals surface area (Å²) < 4.78 is 70.0. The third kappa shape index (κ3) is 4.57. The van der Waals surface area contributed by atoms with E-state index in [4.69, 9.17) is 9.57 Å². The fraction of sp³-hybridized carbons (Fsp3) is 0.238. The first kappa shape index (κ1) is 21.8. The Labute approximate surface area is 178 Å². The minimum absolute atomic E-state index is 0.105. The highest BCUT2D eigenvalue weighted by molar-refractivity contribution is 5.95. The molecule has 6 nitrogen and oxygen atoms in total. The number of alkyl halides is 3. The highest BCUT2D eigenvalue weighted by Crippen LogP contribution is 2.28. The monoisotopic (exact) mass is 453 g/mol. The molecule has 2 aromatic carbocycles. The quantitative estimate of drug-likeness (QED) is 0.681. The topological polar surface area (TPSA) is 72.0 Å². The minimum atomic E-state index is -4.96. The first-order chi connectivity index (χ1) is 15.2. The number of ether oxygens (including phenoxy) is 1. The molecule has 0 spiro atoms. The molecule has 2 atom stereocenters. The summed E-state index contributed by atoms with van der Waals surface area (Å²) in [6.07, 6.45) is -4.19. The van der Waals surface area contributed by atoms with Gasteiger partial charge < -0.3 is 10.1 Å². The molecule has 32 heavy (non-hydrogen) atoms. The Bertz CT molecular complexity index is 1060. The van der Waals surface area contributed by atoms with Crippen LogP contribution in [0.3, 0.4) is 0 Å². The van der Waals surface area contributed by atoms with Gasteiger partial charge in [-0.05, 0) is 29.3 Å². The maximum Gasteiger partial charge on any atom is 0.471 e. The van der Waals surface area contributed by atoms with Gasteiger partial charge in [0.2, 0.25) is 5.90 Å². The molecule has 2 unspecified atom stereocenters. The summed E-state index contributed by atoms with van der Waals surface area (Å²) in [6.45, 7) is -0.232. The van der Waals surface area contributed by atoms with Crippen molar-refractivity contribution in [2.24, 2.45) is 4.99 Å². The van der Waals surface area contributed by atoms with Gasteiger partial charge in [-0.15, -0.1) is 0 Å². The highest BCUT2D eigenvalue weighted by atomic mass is 19.4. The molecular weight excluding hydrogens is 437 g/mol. The van der Waals surface area contributed by atoms with Crippen LogP contribution in [0.1, 0.15) is 22.7 Å². The lowest BCUT2D eigenvalue weighted by Gasteiger charge is -2.10. The summed E-state index contributed by atoms with van der Waals surface area (Å²) in [7, 11) is 0. The second kappa shape index (κ2) is 8.58. The first-order valence-corrected chi connectivity index (χ1v) is 9.46. The van der Waals surface area contributed by atoms with Gasteiger partial charge in [0, 0.05) is 0 Å². The van der Waals surface area contributed by atoms with Gasteiger partial charge >= 0.3 is 12.1 Å². The van der Waals surface area contributed by atoms with E-state index in [1.54, 1.807) is 35.7 Å². The number of halogens is 5. The molecule has 0 saturated heterocycles. The number of amides is 1. The van der Waals surface area contributed by atoms with Gasteiger partial charge in [-0.3, -0.25) is 15.1 Å². The Kier molecular flexibility index (Phi) is 5.83. The number of carbonyl (C=O) groups excluding carboxylic acids is 1. The molecule has 2 aromatic rings. The molecule has 0 aromatic heterocycles. The lowest BCUT2D eigenvalue weighted by Crippen LogP contribution is -2.40. The number of hydrogen-bond donors (Lipinski definition) is 2. The van der Waals surface area contributed by atoms with Crippen LogP contribution in [-0.4, -0.2) is 37.2 Å². The third-order valence-electron chi connectivity index (χ3n) is 4.83. The Morgan fingerprint density at radius 1 is 1.12 bits per heavy atom. The van der Waals surface area contributed by atoms with Gasteiger partial charge in [0.25, 0.3) is 0 Å². The smallest absolute Gasteiger partial charge is 0.471 e. The first-order valence-electron chi connectivity index (χ1n) is 9.46. The van der Waals surface area contributed by atoms with E-state index in [9.17, 15) is 26.7 Å². The van der Waals surface area contributed by atoms with Crippen LogP contribution < -0.4 is 10.8 Å². The normalized spacial score (nSPS) is 20.3. The van der Waals surface area contributed by atoms with Gasteiger partial charge in [0.05, 0.1) is 12.2 Å². The Morgan fingerprint density at radius 2 is 1.81 bits per heavy atom. The Morgan fingerprint density at radius 3 is 2.47 bits per heavy atom. The highest BCUT2D eigenvalue weighted by Gasteiger charge is 2.38. The number of aliphatic imine (C=N–C) groups is 1. The van der Waals surface area contributed by atoms with E-state index in [0.29, 0.717) is 11.3 Å². The number of benzene rings is 2. The second-order valence-electron chi connectivity index (χ2n) is 7.03. The van der Waals surface area contributed by atoms with Crippen molar-refractivity contribution >= 4 is 17.5 Å². The van der Waals surface area contributed by atoms with Gasteiger partial charge in [-0.25, -0.2) is 13.8 Å². The van der Waals surface area contributed by atoms with Crippen molar-refractivity contribution in [3.63, 3.8) is 0 Å². The van der Waals surface area contributed by atoms with Gasteiger partial charge in [0.15, 0.2) is 0 Å². The minimum Gasteiger partial charge on any atom is -0.475 e. The lowest BCUT2D eigenvalue weighted by atomic mass is 10.0. The van der Waals surface area contributed by atoms with E-state index < -0.39 is 35.9 Å². The van der Waals surface area contributed by atoms with Gasteiger partial charge in [0.1, 0.15) is 36.0 Å². The number of nitrogens with one attached hydrogen (secondary N) is 2. The number of hydroxylamine groups is 1. The SMILES string of the molecule is O=C(NCC1C=C(c2ccc(C3COC(c4c(F)cccc4F)=N3)cc2)NO1)C(F)(F)F. The van der Waals surface area contributed by atoms with Crippen molar-refractivity contribution in [3.05, 3.63) is 76.9 Å². The second-order valence-corrected chi connectivity index (χ2v) is 7.03. The summed E-state index contributed by atoms with van der Waals surface area (Å²) in [6, 6.07) is 9.99. The fourth-order valence-corrected chi connectivity index (χ4v) is 3.21. The molecule has 0 radical (unpaired) electrons. The van der Waals surface area contributed by atoms with E-state index in [0.717, 1.165) is 17.7 Å². The summed E-state index contributed by atoms with van der Waals surface area (Å²) in [5.74, 6) is -3.67. The van der Waals surface area contributed by atoms with Crippen LogP contribution in [0, 0.1) is 11.6 Å². The average molecular weight is 453 g/mol. The molecular formula is C21H16F5N3O3. The molecule has 2 aliphatic rings. The molecule has 11 heteroatoms. The molecule has 2 heterocycles. The molecule has 168 valence electrons. The largest absolute Gasteiger partial charge is 0.475 e. The van der Waals surface area contributed by atoms with Crippen molar-refractivity contribution in [3.8, 4) is 0 Å². The molecule has 2 N–H and O–H groups in total. The van der Waals surface area contributed by atoms with Crippen molar-refractivity contribution in [1.82, 2.24) is 10.8 Å². The molecule has 0 fully saturated rings. The zero-order valence-electron chi connectivity index (χ0n) is 16.2. The van der Waals surface area contributed by atoms with Crippen molar-refractivity contribution in [1.29, 1.82) is 0 Å². The molecule has 0 aliphatic carbocycles. The van der Waals surface area contributed by atoms with E-state index in [1.807, 2.05) is 0 Å². The molecule has 0 bridgehead atoms. The van der Waals surface area contributed by atoms with Crippen LogP contribution in [-0.2, 0) is 14.4 Å². The molecule has 1 amide bonds. The van der Waals surface area contributed by atoms with Gasteiger partial charge in [-0.1, -0.05) is 30.3 Å². The van der Waals surface area contributed by atoms with Crippen LogP contribution in [0.5, 0.6) is 0 Å². The molecule has 0 saturated carbocycles. The van der Waals surface area contributed by atoms with Crippen LogP contribution in [0.15, 0.2) is 53.5 Å². The molecule has 4 rings (SSSR count). The van der Waals surface area contributed by atoms with Crippen LogP contribution in [0.4, 0.5) is 22.0 Å². The lowest BCUT2D eigenvalue weighted by molar-refractivity contribution is -0.174. The predicted octanol–water partition coefficient (Wildman–Crippen LogP) is 3.41. The summed E-state index contributed by atoms with van der Waals surface area (Å²) in [4.78, 5) is 20.3. The summed E-state index contributed by atoms with van der Waals surface area (Å²) in [5.41, 5.74) is 4.24. The maximum atomic E-state index is 13.9. The third-order valence-corrected chi connectivity index (χ3v) is 4.83. The van der Waals surface area contributed by atoms with Crippen LogP contribution in [0.25, 0.3) is 5.70 Å². The van der Waals surface area contributed by atoms with Crippen molar-refractivity contribution < 1.29 is 36.3 Å². The summed E-state index contributed by atoms with van der Waals surface area (Å²) in [5, 5.41) is 1.75. The van der Waals surface area contributed by atoms with Crippen molar-refractivity contribution in [2.75, 3.05) is 13.2 Å². The van der Waals surface area contributed by atoms with Gasteiger partial charge in [-0.2, -0.15) is 13.2 Å². The zero-order chi connectivity index (χ0) is 22.9. The average Bonchev–Trinajstić information content (AvgIpc) is 3.41. The van der Waals surface area contributed by atoms with Crippen LogP contribution >= 0.6 is 0 Å². The number of rotatable bonds is 5. The van der Waals surface area contributed by atoms with E-state index in [1.165, 1.54) is 6.07 Å². The fourth-order valence-electron chi connectivity index (χ4n) is 3.21. The Balaban J connectivity index is 1.42. The number of nitrogens with zero attached hydrogens (tertiary/aromatic N) is 1. The number of hydrogen-bond acceptors (Lipinski definition) is 5. The zero-order valence-corrected chi connectivity index (χ0v) is 16.2. The maximum absolute atomic E-state index is 13.9. The Hall–Kier alpha value is -3.47. The van der Waals surface area contributed by atoms with E-state index in [2.05, 4.69) is 10.5 Å². The van der Waals surface area contributed by atoms with Crippen LogP contribution in [0.2, 0.25) is 0 Å². The van der Waals surface area contributed by atoms with E-state index >= 15 is 0 Å².